The first-order chi connectivity index (χ1) is 10.5. The van der Waals surface area contributed by atoms with E-state index in [0.717, 1.165) is 18.2 Å². The van der Waals surface area contributed by atoms with Crippen LogP contribution in [-0.4, -0.2) is 11.9 Å². The standard InChI is InChI=1S/C14H12F2N4O2/c15-8-2-1-3-10(6-8)18-14(22)19-12-7-9(16)4-5-11(12)13(21)20-17/h1-7H,17H2,(H,20,21)(H2,18,19,22). The highest BCUT2D eigenvalue weighted by molar-refractivity contribution is 6.06. The third-order valence-electron chi connectivity index (χ3n) is 2.69. The summed E-state index contributed by atoms with van der Waals surface area (Å²) < 4.78 is 26.3. The second kappa shape index (κ2) is 6.64. The number of hydrazine groups is 1. The molecule has 0 unspecified atom stereocenters. The highest BCUT2D eigenvalue weighted by atomic mass is 19.1. The molecule has 5 N–H and O–H groups in total. The third-order valence-corrected chi connectivity index (χ3v) is 2.69. The number of nitrogens with one attached hydrogen (secondary N) is 3. The lowest BCUT2D eigenvalue weighted by Gasteiger charge is -2.11. The van der Waals surface area contributed by atoms with Crippen LogP contribution in [0.3, 0.4) is 0 Å². The van der Waals surface area contributed by atoms with Gasteiger partial charge in [0, 0.05) is 5.69 Å². The highest BCUT2D eigenvalue weighted by Crippen LogP contribution is 2.18. The van der Waals surface area contributed by atoms with Crippen molar-refractivity contribution in [3.8, 4) is 0 Å². The quantitative estimate of drug-likeness (QED) is 0.398. The molecular formula is C14H12F2N4O2. The topological polar surface area (TPSA) is 96.2 Å². The molecule has 0 aliphatic heterocycles. The minimum Gasteiger partial charge on any atom is -0.308 e. The van der Waals surface area contributed by atoms with Crippen molar-refractivity contribution in [2.75, 3.05) is 10.6 Å². The van der Waals surface area contributed by atoms with Gasteiger partial charge < -0.3 is 10.6 Å². The van der Waals surface area contributed by atoms with E-state index >= 15 is 0 Å². The van der Waals surface area contributed by atoms with Crippen molar-refractivity contribution in [2.24, 2.45) is 5.84 Å². The predicted octanol–water partition coefficient (Wildman–Crippen LogP) is 2.21. The summed E-state index contributed by atoms with van der Waals surface area (Å²) in [4.78, 5) is 23.4. The predicted molar refractivity (Wildman–Crippen MR) is 77.1 cm³/mol. The van der Waals surface area contributed by atoms with Crippen LogP contribution in [0, 0.1) is 11.6 Å². The van der Waals surface area contributed by atoms with Gasteiger partial charge in [-0.15, -0.1) is 0 Å². The second-order valence-electron chi connectivity index (χ2n) is 4.25. The molecule has 0 aliphatic rings. The summed E-state index contributed by atoms with van der Waals surface area (Å²) in [5, 5.41) is 4.67. The Morgan fingerprint density at radius 2 is 1.68 bits per heavy atom. The van der Waals surface area contributed by atoms with Crippen LogP contribution in [-0.2, 0) is 0 Å². The molecule has 22 heavy (non-hydrogen) atoms. The van der Waals surface area contributed by atoms with Crippen molar-refractivity contribution in [3.63, 3.8) is 0 Å². The molecule has 0 heterocycles. The average molecular weight is 306 g/mol. The normalized spacial score (nSPS) is 9.95. The monoisotopic (exact) mass is 306 g/mol. The molecule has 2 aromatic rings. The molecular weight excluding hydrogens is 294 g/mol. The summed E-state index contributed by atoms with van der Waals surface area (Å²) >= 11 is 0. The van der Waals surface area contributed by atoms with Crippen LogP contribution in [0.4, 0.5) is 25.0 Å². The number of carbonyl (C=O) groups excluding carboxylic acids is 2. The number of rotatable bonds is 3. The molecule has 114 valence electrons. The van der Waals surface area contributed by atoms with E-state index in [9.17, 15) is 18.4 Å². The molecule has 0 spiro atoms. The van der Waals surface area contributed by atoms with Gasteiger partial charge in [-0.3, -0.25) is 10.2 Å². The van der Waals surface area contributed by atoms with Gasteiger partial charge in [0.1, 0.15) is 11.6 Å². The van der Waals surface area contributed by atoms with Crippen LogP contribution in [0.5, 0.6) is 0 Å². The van der Waals surface area contributed by atoms with Crippen LogP contribution in [0.1, 0.15) is 10.4 Å². The number of hydrogen-bond donors (Lipinski definition) is 4. The first-order valence-corrected chi connectivity index (χ1v) is 6.13. The summed E-state index contributed by atoms with van der Waals surface area (Å²) in [5.41, 5.74) is 2.01. The van der Waals surface area contributed by atoms with Crippen molar-refractivity contribution in [2.45, 2.75) is 0 Å². The number of benzene rings is 2. The molecule has 8 heteroatoms. The number of urea groups is 1. The van der Waals surface area contributed by atoms with Gasteiger partial charge in [0.2, 0.25) is 0 Å². The van der Waals surface area contributed by atoms with Gasteiger partial charge >= 0.3 is 6.03 Å². The second-order valence-corrected chi connectivity index (χ2v) is 4.25. The lowest BCUT2D eigenvalue weighted by atomic mass is 10.1. The molecule has 3 amide bonds. The Bertz CT molecular complexity index is 722. The van der Waals surface area contributed by atoms with Gasteiger partial charge in [0.05, 0.1) is 11.3 Å². The summed E-state index contributed by atoms with van der Waals surface area (Å²) in [6, 6.07) is 7.66. The number of amides is 3. The molecule has 0 saturated carbocycles. The molecule has 6 nitrogen and oxygen atoms in total. The Morgan fingerprint density at radius 3 is 2.36 bits per heavy atom. The SMILES string of the molecule is NNC(=O)c1ccc(F)cc1NC(=O)Nc1cccc(F)c1. The largest absolute Gasteiger partial charge is 0.323 e. The smallest absolute Gasteiger partial charge is 0.308 e. The zero-order chi connectivity index (χ0) is 16.1. The van der Waals surface area contributed by atoms with Crippen molar-refractivity contribution >= 4 is 23.3 Å². The lowest BCUT2D eigenvalue weighted by molar-refractivity contribution is 0.0954. The highest BCUT2D eigenvalue weighted by Gasteiger charge is 2.14. The Labute approximate surface area is 124 Å². The lowest BCUT2D eigenvalue weighted by Crippen LogP contribution is -2.31. The van der Waals surface area contributed by atoms with E-state index < -0.39 is 23.6 Å². The van der Waals surface area contributed by atoms with Crippen LogP contribution in [0.25, 0.3) is 0 Å². The Hall–Kier alpha value is -3.00. The molecule has 0 atom stereocenters. The van der Waals surface area contributed by atoms with Crippen LogP contribution >= 0.6 is 0 Å². The average Bonchev–Trinajstić information content (AvgIpc) is 2.46. The summed E-state index contributed by atoms with van der Waals surface area (Å²) in [5.74, 6) is 3.16. The molecule has 2 rings (SSSR count). The molecule has 0 bridgehead atoms. The third kappa shape index (κ3) is 3.76. The number of halogens is 2. The zero-order valence-electron chi connectivity index (χ0n) is 11.2. The minimum atomic E-state index is -0.762. The van der Waals surface area contributed by atoms with Gasteiger partial charge in [-0.2, -0.15) is 0 Å². The van der Waals surface area contributed by atoms with E-state index in [2.05, 4.69) is 10.6 Å². The minimum absolute atomic E-state index is 0.0155. The zero-order valence-corrected chi connectivity index (χ0v) is 11.2. The van der Waals surface area contributed by atoms with Crippen LogP contribution in [0.15, 0.2) is 42.5 Å². The Balaban J connectivity index is 2.17. The van der Waals surface area contributed by atoms with Gasteiger partial charge in [-0.1, -0.05) is 6.07 Å². The molecule has 0 fully saturated rings. The number of anilines is 2. The van der Waals surface area contributed by atoms with Crippen LogP contribution in [0.2, 0.25) is 0 Å². The number of nitrogens with two attached hydrogens (primary N) is 1. The fraction of sp³-hybridized carbons (Fsp3) is 0. The maximum absolute atomic E-state index is 13.3. The number of hydrogen-bond acceptors (Lipinski definition) is 3. The van der Waals surface area contributed by atoms with E-state index in [-0.39, 0.29) is 16.9 Å². The molecule has 2 aromatic carbocycles. The first kappa shape index (κ1) is 15.4. The van der Waals surface area contributed by atoms with E-state index in [0.29, 0.717) is 0 Å². The summed E-state index contributed by atoms with van der Waals surface area (Å²) in [7, 11) is 0. The van der Waals surface area contributed by atoms with Crippen molar-refractivity contribution in [1.29, 1.82) is 0 Å². The maximum Gasteiger partial charge on any atom is 0.323 e. The van der Waals surface area contributed by atoms with Crippen molar-refractivity contribution in [3.05, 3.63) is 59.7 Å². The fourth-order valence-corrected chi connectivity index (χ4v) is 1.75. The van der Waals surface area contributed by atoms with Gasteiger partial charge in [-0.05, 0) is 36.4 Å². The number of carbonyl (C=O) groups is 2. The van der Waals surface area contributed by atoms with Gasteiger partial charge in [-0.25, -0.2) is 19.4 Å². The fourth-order valence-electron chi connectivity index (χ4n) is 1.75. The molecule has 0 aliphatic carbocycles. The van der Waals surface area contributed by atoms with Gasteiger partial charge in [0.25, 0.3) is 5.91 Å². The summed E-state index contributed by atoms with van der Waals surface area (Å²) in [6.45, 7) is 0. The Kier molecular flexibility index (Phi) is 4.64. The van der Waals surface area contributed by atoms with E-state index in [1.165, 1.54) is 24.3 Å². The molecule has 0 saturated heterocycles. The number of nitrogen functional groups attached to an aromatic ring is 1. The molecule has 0 aromatic heterocycles. The van der Waals surface area contributed by atoms with E-state index in [1.807, 2.05) is 5.43 Å². The first-order valence-electron chi connectivity index (χ1n) is 6.13. The Morgan fingerprint density at radius 1 is 0.955 bits per heavy atom. The maximum atomic E-state index is 13.3. The van der Waals surface area contributed by atoms with E-state index in [4.69, 9.17) is 5.84 Å². The van der Waals surface area contributed by atoms with Crippen molar-refractivity contribution < 1.29 is 18.4 Å². The van der Waals surface area contributed by atoms with Gasteiger partial charge in [0.15, 0.2) is 0 Å². The van der Waals surface area contributed by atoms with E-state index in [1.54, 1.807) is 0 Å². The van der Waals surface area contributed by atoms with Crippen LogP contribution < -0.4 is 21.9 Å². The molecule has 0 radical (unpaired) electrons. The summed E-state index contributed by atoms with van der Waals surface area (Å²) in [6.07, 6.45) is 0. The van der Waals surface area contributed by atoms with Crippen molar-refractivity contribution in [1.82, 2.24) is 5.43 Å².